The molecule has 0 aliphatic heterocycles. The number of anilines is 5. The highest BCUT2D eigenvalue weighted by Gasteiger charge is 2.22. The number of hydrogen-bond acceptors (Lipinski definition) is 14. The summed E-state index contributed by atoms with van der Waals surface area (Å²) >= 11 is 1.34. The molecule has 7 rings (SSSR count). The van der Waals surface area contributed by atoms with E-state index in [1.54, 1.807) is 78.5 Å². The number of carbonyl (C=O) groups excluding carboxylic acids is 5. The number of rotatable bonds is 13. The van der Waals surface area contributed by atoms with E-state index >= 15 is 0 Å². The van der Waals surface area contributed by atoms with Crippen molar-refractivity contribution >= 4 is 75.0 Å². The van der Waals surface area contributed by atoms with Crippen LogP contribution in [0.4, 0.5) is 43.2 Å². The van der Waals surface area contributed by atoms with Crippen molar-refractivity contribution in [1.82, 2.24) is 55.8 Å². The molecule has 1 fully saturated rings. The number of thiazole rings is 1. The molecule has 0 saturated heterocycles. The van der Waals surface area contributed by atoms with Crippen LogP contribution in [0, 0.1) is 6.92 Å². The van der Waals surface area contributed by atoms with Gasteiger partial charge in [0.05, 0.1) is 19.3 Å². The number of urea groups is 3. The third-order valence-corrected chi connectivity index (χ3v) is 11.4. The maximum Gasteiger partial charge on any atom is 0.319 e. The molecule has 0 atom stereocenters. The van der Waals surface area contributed by atoms with E-state index in [2.05, 4.69) is 51.8 Å². The summed E-state index contributed by atoms with van der Waals surface area (Å²) in [6, 6.07) is 16.9. The number of likely N-dealkylation sites (N-methyl/N-ethyl adjacent to an activating group) is 2. The van der Waals surface area contributed by atoms with Crippen LogP contribution in [-0.2, 0) is 29.2 Å². The smallest absolute Gasteiger partial charge is 0.319 e. The van der Waals surface area contributed by atoms with Gasteiger partial charge in [-0.3, -0.25) is 18.8 Å². The Morgan fingerprint density at radius 1 is 0.638 bits per heavy atom. The topological polar surface area (TPSA) is 315 Å². The third-order valence-electron chi connectivity index (χ3n) is 10.6. The largest absolute Gasteiger partial charge is 0.384 e. The lowest BCUT2D eigenvalue weighted by Gasteiger charge is -2.31. The van der Waals surface area contributed by atoms with Crippen LogP contribution in [0.1, 0.15) is 54.4 Å². The van der Waals surface area contributed by atoms with E-state index in [-0.39, 0.29) is 48.7 Å². The zero-order chi connectivity index (χ0) is 49.7. The van der Waals surface area contributed by atoms with E-state index in [0.29, 0.717) is 41.5 Å². The van der Waals surface area contributed by atoms with Gasteiger partial charge in [-0.2, -0.15) is 0 Å². The number of amides is 8. The monoisotopic (exact) mass is 962 g/mol. The van der Waals surface area contributed by atoms with Crippen molar-refractivity contribution in [2.24, 2.45) is 0 Å². The van der Waals surface area contributed by atoms with Gasteiger partial charge in [0, 0.05) is 75.6 Å². The summed E-state index contributed by atoms with van der Waals surface area (Å²) in [5, 5.41) is 17.4. The first kappa shape index (κ1) is 51.6. The minimum atomic E-state index is -0.495. The predicted octanol–water partition coefficient (Wildman–Crippen LogP) is 3.74. The third kappa shape index (κ3) is 17.1. The highest BCUT2D eigenvalue weighted by Crippen LogP contribution is 2.21. The second-order valence-electron chi connectivity index (χ2n) is 15.8. The molecule has 364 valence electrons. The van der Waals surface area contributed by atoms with Crippen LogP contribution < -0.4 is 59.6 Å². The van der Waals surface area contributed by atoms with Crippen molar-refractivity contribution in [1.29, 1.82) is 0 Å². The van der Waals surface area contributed by atoms with Crippen LogP contribution in [-0.4, -0.2) is 92.4 Å². The molecular formula is C46H58N16O6S. The summed E-state index contributed by atoms with van der Waals surface area (Å²) < 4.78 is 1.38. The van der Waals surface area contributed by atoms with Gasteiger partial charge in [0.1, 0.15) is 23.1 Å². The van der Waals surface area contributed by atoms with Crippen molar-refractivity contribution in [3.63, 3.8) is 0 Å². The number of aromatic nitrogens is 5. The quantitative estimate of drug-likeness (QED) is 0.0798. The van der Waals surface area contributed by atoms with E-state index in [1.165, 1.54) is 46.1 Å². The minimum absolute atomic E-state index is 0.0127. The van der Waals surface area contributed by atoms with Gasteiger partial charge in [-0.15, -0.1) is 11.3 Å². The molecule has 1 aromatic carbocycles. The standard InChI is InChI=1S/C17H21N5O2.C16H25N5O2.C13H12N6O2S/c1-12-3-6-14(7-4-12)22(2)16(23)11-21-17(24)20-10-13-5-8-15(18)19-9-13;1-21(13-5-3-2-4-6-13)15(22)11-20-16(23)19-10-12-7-8-14(17)18-9-12;14-10-2-1-8(5-15-10)6-16-12(21)18-9-7-17-13-19(11(9)20)3-4-22-13/h3-9H,10-11H2,1-2H3,(H2,18,19)(H2,20,21,24);7-9,13H,2-6,10-11H2,1H3,(H2,17,18)(H2,19,20,23);1-5,7H,6H2,(H2,14,15)(H2,16,18,21). The first-order chi connectivity index (χ1) is 33.1. The lowest BCUT2D eigenvalue weighted by atomic mass is 9.94. The van der Waals surface area contributed by atoms with E-state index < -0.39 is 12.1 Å². The average molecular weight is 963 g/mol. The van der Waals surface area contributed by atoms with Gasteiger partial charge < -0.3 is 58.9 Å². The molecule has 1 saturated carbocycles. The fourth-order valence-electron chi connectivity index (χ4n) is 6.51. The first-order valence-corrected chi connectivity index (χ1v) is 22.8. The van der Waals surface area contributed by atoms with Crippen LogP contribution in [0.2, 0.25) is 0 Å². The lowest BCUT2D eigenvalue weighted by molar-refractivity contribution is -0.131. The van der Waals surface area contributed by atoms with Crippen molar-refractivity contribution in [2.75, 3.05) is 54.6 Å². The predicted molar refractivity (Wildman–Crippen MR) is 266 cm³/mol. The van der Waals surface area contributed by atoms with Gasteiger partial charge in [-0.25, -0.2) is 34.3 Å². The second kappa shape index (κ2) is 26.1. The molecule has 0 bridgehead atoms. The van der Waals surface area contributed by atoms with Crippen LogP contribution >= 0.6 is 11.3 Å². The molecule has 5 heterocycles. The number of nitrogen functional groups attached to an aromatic ring is 3. The fraction of sp³-hybridized carbons (Fsp3) is 0.304. The van der Waals surface area contributed by atoms with E-state index in [9.17, 15) is 28.8 Å². The molecule has 23 heteroatoms. The van der Waals surface area contributed by atoms with Crippen LogP contribution in [0.5, 0.6) is 0 Å². The average Bonchev–Trinajstić information content (AvgIpc) is 3.86. The number of nitrogens with two attached hydrogens (primary N) is 3. The van der Waals surface area contributed by atoms with Gasteiger partial charge in [-0.1, -0.05) is 55.2 Å². The van der Waals surface area contributed by atoms with Crippen molar-refractivity contribution < 1.29 is 24.0 Å². The molecule has 1 aliphatic rings. The number of nitrogens with zero attached hydrogens (tertiary/aromatic N) is 7. The summed E-state index contributed by atoms with van der Waals surface area (Å²) in [5.74, 6) is 1.02. The van der Waals surface area contributed by atoms with Gasteiger partial charge in [-0.05, 0) is 66.8 Å². The van der Waals surface area contributed by atoms with Crippen molar-refractivity contribution in [3.8, 4) is 0 Å². The zero-order valence-corrected chi connectivity index (χ0v) is 39.4. The number of benzene rings is 1. The molecule has 69 heavy (non-hydrogen) atoms. The summed E-state index contributed by atoms with van der Waals surface area (Å²) in [6.45, 7) is 2.82. The Balaban J connectivity index is 0.000000193. The molecule has 8 amide bonds. The minimum Gasteiger partial charge on any atom is -0.384 e. The van der Waals surface area contributed by atoms with Crippen LogP contribution in [0.25, 0.3) is 4.96 Å². The molecule has 0 radical (unpaired) electrons. The summed E-state index contributed by atoms with van der Waals surface area (Å²) in [6.07, 6.45) is 13.4. The van der Waals surface area contributed by atoms with Crippen molar-refractivity contribution in [3.05, 3.63) is 130 Å². The summed E-state index contributed by atoms with van der Waals surface area (Å²) in [4.78, 5) is 91.4. The zero-order valence-electron chi connectivity index (χ0n) is 38.6. The second-order valence-corrected chi connectivity index (χ2v) is 16.6. The Morgan fingerprint density at radius 2 is 1.13 bits per heavy atom. The molecule has 1 aliphatic carbocycles. The Labute approximate surface area is 402 Å². The molecule has 5 aromatic heterocycles. The normalized spacial score (nSPS) is 11.9. The lowest BCUT2D eigenvalue weighted by Crippen LogP contribution is -2.46. The molecule has 6 aromatic rings. The number of pyridine rings is 3. The highest BCUT2D eigenvalue weighted by atomic mass is 32.1. The Morgan fingerprint density at radius 3 is 1.62 bits per heavy atom. The SMILES string of the molecule is CN(C(=O)CNC(=O)NCc1ccc(N)nc1)C1CCCCC1.Cc1ccc(N(C)C(=O)CNC(=O)NCc2ccc(N)nc2)cc1.Nc1ccc(CNC(=O)Nc2cnc3sccn3c2=O)cn1. The van der Waals surface area contributed by atoms with E-state index in [1.807, 2.05) is 38.2 Å². The molecule has 12 N–H and O–H groups in total. The molecule has 22 nitrogen and oxygen atoms in total. The molecule has 0 unspecified atom stereocenters. The number of hydrogen-bond donors (Lipinski definition) is 9. The van der Waals surface area contributed by atoms with Gasteiger partial charge in [0.25, 0.3) is 5.56 Å². The van der Waals surface area contributed by atoms with E-state index in [4.69, 9.17) is 17.2 Å². The van der Waals surface area contributed by atoms with Gasteiger partial charge in [0.15, 0.2) is 4.96 Å². The summed E-state index contributed by atoms with van der Waals surface area (Å²) in [7, 11) is 3.49. The Bertz CT molecular complexity index is 2670. The fourth-order valence-corrected chi connectivity index (χ4v) is 7.19. The Hall–Kier alpha value is -8.34. The molecular weight excluding hydrogens is 905 g/mol. The first-order valence-electron chi connectivity index (χ1n) is 21.9. The maximum absolute atomic E-state index is 12.1. The maximum atomic E-state index is 12.1. The van der Waals surface area contributed by atoms with E-state index in [0.717, 1.165) is 40.8 Å². The van der Waals surface area contributed by atoms with Crippen molar-refractivity contribution in [2.45, 2.75) is 64.7 Å². The molecule has 0 spiro atoms. The highest BCUT2D eigenvalue weighted by molar-refractivity contribution is 7.15. The van der Waals surface area contributed by atoms with Gasteiger partial charge in [0.2, 0.25) is 11.8 Å². The van der Waals surface area contributed by atoms with Gasteiger partial charge >= 0.3 is 18.1 Å². The number of nitrogens with one attached hydrogen (secondary N) is 6. The number of carbonyl (C=O) groups is 5. The Kier molecular flexibility index (Phi) is 19.5. The van der Waals surface area contributed by atoms with Crippen LogP contribution in [0.15, 0.2) is 102 Å². The van der Waals surface area contributed by atoms with Crippen LogP contribution in [0.3, 0.4) is 0 Å². The number of aryl methyl sites for hydroxylation is 1. The number of fused-ring (bicyclic) bond motifs is 1. The summed E-state index contributed by atoms with van der Waals surface area (Å²) in [5.41, 5.74) is 20.6.